The monoisotopic (exact) mass is 2160 g/mol. The number of carbonyl (C=O) groups excluding carboxylic acids is 21. The average Bonchev–Trinajstić information content (AvgIpc) is 0.848. The molecule has 0 heterocycles. The number of hydrogen-bond donors (Lipinski definition) is 36. The zero-order valence-corrected chi connectivity index (χ0v) is 84.9. The smallest absolute Gasteiger partial charge is 0.328 e. The molecule has 1 aromatic rings. The van der Waals surface area contributed by atoms with Gasteiger partial charge in [-0.15, -0.1) is 0 Å². The molecule has 1 aromatic carbocycles. The summed E-state index contributed by atoms with van der Waals surface area (Å²) in [5.41, 5.74) is 22.7. The lowest BCUT2D eigenvalue weighted by molar-refractivity contribution is -0.144. The van der Waals surface area contributed by atoms with Crippen molar-refractivity contribution < 1.29 is 186 Å². The van der Waals surface area contributed by atoms with Gasteiger partial charge in [0.1, 0.15) is 121 Å². The topological polar surface area (TPSA) is 1020 Å². The molecule has 844 valence electrons. The van der Waals surface area contributed by atoms with Crippen LogP contribution in [-0.2, 0) is 126 Å². The Morgan fingerprint density at radius 3 is 0.927 bits per heavy atom. The molecule has 0 bridgehead atoms. The van der Waals surface area contributed by atoms with Gasteiger partial charge in [0.05, 0.1) is 77.2 Å². The van der Waals surface area contributed by atoms with E-state index in [-0.39, 0.29) is 62.1 Å². The number of hydrogen-bond acceptors (Lipinski definition) is 37. The van der Waals surface area contributed by atoms with Crippen LogP contribution in [0.15, 0.2) is 24.3 Å². The van der Waals surface area contributed by atoms with Crippen LogP contribution in [0.3, 0.4) is 0 Å². The highest BCUT2D eigenvalue weighted by Crippen LogP contribution is 2.17. The predicted octanol–water partition coefficient (Wildman–Crippen LogP) is -16.1. The zero-order chi connectivity index (χ0) is 115. The molecule has 0 aliphatic carbocycles. The van der Waals surface area contributed by atoms with Crippen molar-refractivity contribution in [2.75, 3.05) is 58.2 Å². The van der Waals surface area contributed by atoms with Crippen molar-refractivity contribution in [2.45, 2.75) is 285 Å². The van der Waals surface area contributed by atoms with Crippen molar-refractivity contribution in [3.05, 3.63) is 29.8 Å². The standard InChI is InChI=1S/C88H143N23O38S/c1-37(2)25-49(74(134)101-52(28-62(91)122)76(136)105-55(31-112)81(141)100-50(26-38(3)4)79(139)110-68(42(9)119)87(147)108-58(34-115)80(140)96-47(19-21-63(123)124)72(132)102-53(29-64(125)126)78(138)109-60(36-117)88(148)149)99-71(131)46(18-20-61(90)121)95-73(133)48(22-24-150-10)97-75(135)51(27-43-14-16-44(120)17-15-43)98-69(129)40(7)93-86(146)67(41(8)118)111-84(144)59(35-116)107-83(143)57(33-114)106-82(142)56(32-113)104-70(130)45(13-11-12-23-89)94-77(137)54(30-65(127)128)103-85(145)66(92)39(5)6/h14-17,37-42,45-60,66-68,112-120H,11-13,18-36,89,92H2,1-10H3,(H2,90,121)(H2,91,122)(H,93,146)(H,94,137)(H,95,133)(H,96,140)(H,97,135)(H,98,129)(H,99,131)(H,100,141)(H,101,134)(H,102,132)(H,103,145)(H,104,130)(H,105,136)(H,106,142)(H,107,143)(H,108,147)(H,109,138)(H,110,139)(H,111,144)(H,123,124)(H,125,126)(H,127,128)(H,148,149)/t40-,41+,42+,45-,46-,47-,48-,49-,50-,51-,52-,53-,54-,55-,56-,57-,58-,59-,60-,66-,67-,68-/m0/s1. The Balaban J connectivity index is 3.62. The molecular formula is C88H143N23O38S. The minimum absolute atomic E-state index is 0.0695. The van der Waals surface area contributed by atoms with Gasteiger partial charge in [0.25, 0.3) is 0 Å². The van der Waals surface area contributed by atoms with E-state index in [0.717, 1.165) is 32.5 Å². The Bertz CT molecular complexity index is 4790. The van der Waals surface area contributed by atoms with Crippen LogP contribution in [0.5, 0.6) is 5.75 Å². The predicted molar refractivity (Wildman–Crippen MR) is 519 cm³/mol. The van der Waals surface area contributed by atoms with E-state index in [1.165, 1.54) is 38.1 Å². The maximum absolute atomic E-state index is 14.7. The number of nitrogens with two attached hydrogens (primary N) is 4. The van der Waals surface area contributed by atoms with Crippen molar-refractivity contribution >= 4 is 160 Å². The number of carboxylic acid groups (broad SMARTS) is 4. The quantitative estimate of drug-likeness (QED) is 0.0269. The van der Waals surface area contributed by atoms with E-state index in [9.17, 15) is 186 Å². The highest BCUT2D eigenvalue weighted by molar-refractivity contribution is 7.98. The first-order chi connectivity index (χ1) is 70.2. The molecule has 0 saturated carbocycles. The number of rotatable bonds is 73. The summed E-state index contributed by atoms with van der Waals surface area (Å²) in [7, 11) is 0. The fourth-order valence-corrected chi connectivity index (χ4v) is 14.0. The summed E-state index contributed by atoms with van der Waals surface area (Å²) in [4.78, 5) is 335. The Morgan fingerprint density at radius 1 is 0.307 bits per heavy atom. The number of aliphatic hydroxyl groups excluding tert-OH is 8. The fourth-order valence-electron chi connectivity index (χ4n) is 13.5. The van der Waals surface area contributed by atoms with Gasteiger partial charge in [-0.05, 0) is 126 Å². The normalized spacial score (nSPS) is 15.6. The number of aromatic hydroxyl groups is 1. The lowest BCUT2D eigenvalue weighted by Crippen LogP contribution is -2.63. The maximum atomic E-state index is 14.7. The van der Waals surface area contributed by atoms with Gasteiger partial charge >= 0.3 is 23.9 Å². The molecule has 1 rings (SSSR count). The molecule has 0 unspecified atom stereocenters. The van der Waals surface area contributed by atoms with E-state index in [4.69, 9.17) is 22.9 Å². The summed E-state index contributed by atoms with van der Waals surface area (Å²) in [5, 5.41) is 172. The van der Waals surface area contributed by atoms with E-state index in [2.05, 4.69) is 69.1 Å². The van der Waals surface area contributed by atoms with E-state index < -0.39 is 390 Å². The Hall–Kier alpha value is -14.3. The number of carboxylic acids is 4. The van der Waals surface area contributed by atoms with Crippen molar-refractivity contribution in [1.29, 1.82) is 0 Å². The van der Waals surface area contributed by atoms with Crippen molar-refractivity contribution in [3.63, 3.8) is 0 Å². The number of aliphatic carboxylic acids is 4. The minimum atomic E-state index is -2.15. The van der Waals surface area contributed by atoms with E-state index >= 15 is 0 Å². The van der Waals surface area contributed by atoms with Crippen LogP contribution >= 0.6 is 11.8 Å². The largest absolute Gasteiger partial charge is 0.508 e. The molecule has 0 saturated heterocycles. The number of aliphatic hydroxyl groups is 8. The van der Waals surface area contributed by atoms with Crippen LogP contribution in [0.1, 0.15) is 151 Å². The second kappa shape index (κ2) is 68.4. The van der Waals surface area contributed by atoms with Crippen molar-refractivity contribution in [1.82, 2.24) is 101 Å². The van der Waals surface area contributed by atoms with E-state index in [1.807, 2.05) is 26.6 Å². The lowest BCUT2D eigenvalue weighted by atomic mass is 10.0. The van der Waals surface area contributed by atoms with Crippen LogP contribution in [0.2, 0.25) is 0 Å². The Morgan fingerprint density at radius 2 is 0.593 bits per heavy atom. The number of primary amides is 2. The summed E-state index contributed by atoms with van der Waals surface area (Å²) in [6.07, 6.45) is -9.66. The Kier molecular flexibility index (Phi) is 60.9. The molecular weight excluding hydrogens is 2020 g/mol. The number of thioether (sulfide) groups is 1. The molecule has 21 amide bonds. The summed E-state index contributed by atoms with van der Waals surface area (Å²) in [6.45, 7) is 4.79. The molecule has 0 radical (unpaired) electrons. The van der Waals surface area contributed by atoms with Crippen LogP contribution in [0, 0.1) is 17.8 Å². The number of amides is 21. The zero-order valence-electron chi connectivity index (χ0n) is 84.0. The van der Waals surface area contributed by atoms with E-state index in [1.54, 1.807) is 39.3 Å². The third-order valence-electron chi connectivity index (χ3n) is 21.9. The first-order valence-electron chi connectivity index (χ1n) is 47.1. The van der Waals surface area contributed by atoms with Crippen LogP contribution in [0.4, 0.5) is 0 Å². The SMILES string of the molecule is CSCC[C@H](NC(=O)[C@H](Cc1ccc(O)cc1)NC(=O)[C@H](C)NC(=O)[C@@H](NC(=O)[C@H](CO)NC(=O)[C@H](CO)NC(=O)[C@H](CO)NC(=O)[C@H](CCCCN)NC(=O)[C@H](CC(=O)O)NC(=O)[C@@H](N)C(C)C)[C@@H](C)O)C(=O)N[C@@H](CCC(N)=O)C(=O)N[C@@H](CC(C)C)C(=O)N[C@@H](CC(N)=O)C(=O)N[C@@H](CO)C(=O)N[C@@H](CC(C)C)C(=O)N[C@H](C(=O)N[C@@H](CO)C(=O)N[C@@H](CCC(=O)O)C(=O)N[C@@H](CC(=O)O)C(=O)N[C@@H](CO)C(=O)O)[C@@H](C)O. The molecule has 61 nitrogen and oxygen atoms in total. The van der Waals surface area contributed by atoms with Gasteiger partial charge in [-0.1, -0.05) is 53.7 Å². The highest BCUT2D eigenvalue weighted by Gasteiger charge is 2.43. The molecule has 0 spiro atoms. The van der Waals surface area contributed by atoms with Crippen LogP contribution in [0.25, 0.3) is 0 Å². The number of benzene rings is 1. The Labute approximate surface area is 863 Å². The number of carbonyl (C=O) groups is 25. The van der Waals surface area contributed by atoms with Crippen LogP contribution in [-0.4, -0.2) is 406 Å². The van der Waals surface area contributed by atoms with Gasteiger partial charge in [-0.25, -0.2) is 4.79 Å². The van der Waals surface area contributed by atoms with Gasteiger partial charge in [-0.3, -0.25) is 115 Å². The first-order valence-corrected chi connectivity index (χ1v) is 48.5. The number of unbranched alkanes of at least 4 members (excludes halogenated alkanes) is 1. The summed E-state index contributed by atoms with van der Waals surface area (Å²) >= 11 is 1.15. The third-order valence-corrected chi connectivity index (χ3v) is 22.6. The number of phenols is 1. The van der Waals surface area contributed by atoms with Gasteiger partial charge in [0, 0.05) is 19.3 Å². The number of phenolic OH excluding ortho intramolecular Hbond substituents is 1. The second-order valence-corrected chi connectivity index (χ2v) is 36.9. The van der Waals surface area contributed by atoms with Crippen molar-refractivity contribution in [2.24, 2.45) is 40.7 Å². The van der Waals surface area contributed by atoms with Crippen molar-refractivity contribution in [3.8, 4) is 5.75 Å². The second-order valence-electron chi connectivity index (χ2n) is 35.9. The van der Waals surface area contributed by atoms with Crippen LogP contribution < -0.4 is 124 Å². The molecule has 22 atom stereocenters. The first kappa shape index (κ1) is 134. The molecule has 40 N–H and O–H groups in total. The average molecular weight is 2160 g/mol. The molecule has 0 aromatic heterocycles. The molecule has 0 fully saturated rings. The number of nitrogens with one attached hydrogen (secondary N) is 19. The lowest BCUT2D eigenvalue weighted by Gasteiger charge is -2.29. The summed E-state index contributed by atoms with van der Waals surface area (Å²) in [5.74, 6) is -35.4. The summed E-state index contributed by atoms with van der Waals surface area (Å²) in [6, 6.07) is -32.8. The summed E-state index contributed by atoms with van der Waals surface area (Å²) < 4.78 is 0. The molecule has 0 aliphatic rings. The van der Waals surface area contributed by atoms with Gasteiger partial charge in [-0.2, -0.15) is 11.8 Å². The molecule has 0 aliphatic heterocycles. The van der Waals surface area contributed by atoms with Gasteiger partial charge in [0.15, 0.2) is 0 Å². The van der Waals surface area contributed by atoms with Gasteiger partial charge in [0.2, 0.25) is 124 Å². The van der Waals surface area contributed by atoms with E-state index in [0.29, 0.717) is 0 Å². The molecule has 150 heavy (non-hydrogen) atoms. The molecule has 62 heteroatoms. The maximum Gasteiger partial charge on any atom is 0.328 e. The fraction of sp³-hybridized carbons (Fsp3) is 0.648. The third kappa shape index (κ3) is 49.2. The minimum Gasteiger partial charge on any atom is -0.508 e. The highest BCUT2D eigenvalue weighted by atomic mass is 32.2. The van der Waals surface area contributed by atoms with Gasteiger partial charge < -0.3 is 190 Å².